The number of aromatic nitrogens is 3. The van der Waals surface area contributed by atoms with E-state index >= 15 is 0 Å². The third kappa shape index (κ3) is 2.51. The van der Waals surface area contributed by atoms with Crippen LogP contribution >= 0.6 is 0 Å². The first-order valence-electron chi connectivity index (χ1n) is 7.22. The Kier molecular flexibility index (Phi) is 4.03. The molecule has 8 heteroatoms. The van der Waals surface area contributed by atoms with E-state index in [0.29, 0.717) is 22.4 Å². The fourth-order valence-corrected chi connectivity index (χ4v) is 2.40. The van der Waals surface area contributed by atoms with Gasteiger partial charge in [0.2, 0.25) is 5.82 Å². The summed E-state index contributed by atoms with van der Waals surface area (Å²) in [4.78, 5) is 35.0. The predicted octanol–water partition coefficient (Wildman–Crippen LogP) is 1.67. The quantitative estimate of drug-likeness (QED) is 0.573. The second-order valence-corrected chi connectivity index (χ2v) is 4.86. The molecule has 0 spiro atoms. The van der Waals surface area contributed by atoms with Crippen LogP contribution in [0.25, 0.3) is 21.9 Å². The maximum Gasteiger partial charge on any atom is 0.374 e. The Hall–Kier alpha value is -3.16. The van der Waals surface area contributed by atoms with Crippen molar-refractivity contribution in [2.24, 2.45) is 0 Å². The fourth-order valence-electron chi connectivity index (χ4n) is 2.40. The van der Waals surface area contributed by atoms with Gasteiger partial charge in [0.1, 0.15) is 17.0 Å². The number of H-pyrrole nitrogens is 1. The van der Waals surface area contributed by atoms with Crippen molar-refractivity contribution in [1.29, 1.82) is 0 Å². The summed E-state index contributed by atoms with van der Waals surface area (Å²) in [7, 11) is 3.04. The summed E-state index contributed by atoms with van der Waals surface area (Å²) < 4.78 is 15.5. The van der Waals surface area contributed by atoms with Crippen LogP contribution in [0.4, 0.5) is 0 Å². The number of pyridine rings is 1. The molecule has 0 fully saturated rings. The number of hydrogen-bond donors (Lipinski definition) is 1. The van der Waals surface area contributed by atoms with Crippen LogP contribution in [-0.2, 0) is 4.74 Å². The zero-order chi connectivity index (χ0) is 17.3. The van der Waals surface area contributed by atoms with Crippen molar-refractivity contribution in [2.45, 2.75) is 6.92 Å². The molecule has 2 aromatic heterocycles. The van der Waals surface area contributed by atoms with E-state index in [0.717, 1.165) is 0 Å². The van der Waals surface area contributed by atoms with Gasteiger partial charge >= 0.3 is 5.97 Å². The first-order valence-corrected chi connectivity index (χ1v) is 7.22. The highest BCUT2D eigenvalue weighted by Crippen LogP contribution is 2.32. The van der Waals surface area contributed by atoms with E-state index in [1.165, 1.54) is 14.2 Å². The van der Waals surface area contributed by atoms with Gasteiger partial charge < -0.3 is 19.2 Å². The first-order chi connectivity index (χ1) is 11.6. The second-order valence-electron chi connectivity index (χ2n) is 4.86. The van der Waals surface area contributed by atoms with Crippen molar-refractivity contribution < 1.29 is 19.0 Å². The van der Waals surface area contributed by atoms with E-state index in [9.17, 15) is 9.59 Å². The van der Waals surface area contributed by atoms with Gasteiger partial charge in [0.05, 0.1) is 26.2 Å². The molecule has 124 valence electrons. The number of carbonyl (C=O) groups excluding carboxylic acids is 1. The van der Waals surface area contributed by atoms with E-state index < -0.39 is 11.5 Å². The second kappa shape index (κ2) is 6.15. The summed E-state index contributed by atoms with van der Waals surface area (Å²) >= 11 is 0. The van der Waals surface area contributed by atoms with Crippen molar-refractivity contribution in [3.05, 3.63) is 34.4 Å². The molecule has 0 saturated carbocycles. The molecule has 0 unspecified atom stereocenters. The molecule has 0 amide bonds. The number of methoxy groups -OCH3 is 2. The van der Waals surface area contributed by atoms with Crippen molar-refractivity contribution in [3.8, 4) is 11.5 Å². The lowest BCUT2D eigenvalue weighted by molar-refractivity contribution is 0.0512. The third-order valence-electron chi connectivity index (χ3n) is 3.49. The van der Waals surface area contributed by atoms with Gasteiger partial charge in [0.15, 0.2) is 5.65 Å². The number of nitrogens with one attached hydrogen (secondary N) is 1. The highest BCUT2D eigenvalue weighted by molar-refractivity contribution is 5.98. The molecule has 24 heavy (non-hydrogen) atoms. The third-order valence-corrected chi connectivity index (χ3v) is 3.49. The number of esters is 1. The molecule has 3 aromatic rings. The zero-order valence-corrected chi connectivity index (χ0v) is 13.4. The molecule has 1 N–H and O–H groups in total. The summed E-state index contributed by atoms with van der Waals surface area (Å²) in [5, 5.41) is 0.850. The zero-order valence-electron chi connectivity index (χ0n) is 13.4. The molecule has 0 bridgehead atoms. The minimum atomic E-state index is -0.712. The smallest absolute Gasteiger partial charge is 0.374 e. The molecule has 0 aliphatic heterocycles. The molecule has 0 radical (unpaired) electrons. The lowest BCUT2D eigenvalue weighted by Crippen LogP contribution is -2.18. The highest BCUT2D eigenvalue weighted by atomic mass is 16.5. The molecule has 1 aromatic carbocycles. The van der Waals surface area contributed by atoms with E-state index in [1.807, 2.05) is 0 Å². The molecular formula is C16H15N3O5. The Morgan fingerprint density at radius 2 is 1.83 bits per heavy atom. The Balaban J connectivity index is 2.34. The van der Waals surface area contributed by atoms with Gasteiger partial charge in [-0.1, -0.05) is 0 Å². The van der Waals surface area contributed by atoms with Crippen LogP contribution in [0, 0.1) is 0 Å². The van der Waals surface area contributed by atoms with Crippen molar-refractivity contribution in [2.75, 3.05) is 20.8 Å². The Morgan fingerprint density at radius 3 is 2.50 bits per heavy atom. The van der Waals surface area contributed by atoms with E-state index in [2.05, 4.69) is 15.0 Å². The average molecular weight is 329 g/mol. The summed E-state index contributed by atoms with van der Waals surface area (Å²) in [5.41, 5.74) is 0.125. The largest absolute Gasteiger partial charge is 0.496 e. The summed E-state index contributed by atoms with van der Waals surface area (Å²) in [6.45, 7) is 1.84. The molecule has 0 saturated heterocycles. The van der Waals surface area contributed by atoms with Crippen molar-refractivity contribution >= 4 is 27.9 Å². The molecule has 0 atom stereocenters. The van der Waals surface area contributed by atoms with Crippen LogP contribution in [0.15, 0.2) is 23.0 Å². The van der Waals surface area contributed by atoms with E-state index in [-0.39, 0.29) is 23.5 Å². The van der Waals surface area contributed by atoms with Crippen LogP contribution in [0.5, 0.6) is 11.5 Å². The van der Waals surface area contributed by atoms with Gasteiger partial charge in [-0.2, -0.15) is 0 Å². The van der Waals surface area contributed by atoms with Gasteiger partial charge in [-0.3, -0.25) is 4.79 Å². The molecule has 8 nitrogen and oxygen atoms in total. The predicted molar refractivity (Wildman–Crippen MR) is 86.7 cm³/mol. The Bertz CT molecular complexity index is 996. The molecule has 0 aliphatic carbocycles. The minimum absolute atomic E-state index is 0.126. The SMILES string of the molecule is CCOC(=O)c1nc2nc3c(OC)ccc(OC)c3cc2c(=O)[nH]1. The number of carbonyl (C=O) groups is 1. The maximum absolute atomic E-state index is 12.3. The molecular weight excluding hydrogens is 314 g/mol. The van der Waals surface area contributed by atoms with Crippen LogP contribution in [-0.4, -0.2) is 41.7 Å². The number of rotatable bonds is 4. The maximum atomic E-state index is 12.3. The molecule has 2 heterocycles. The lowest BCUT2D eigenvalue weighted by Gasteiger charge is -2.10. The van der Waals surface area contributed by atoms with Crippen molar-refractivity contribution in [1.82, 2.24) is 15.0 Å². The number of hydrogen-bond acceptors (Lipinski definition) is 7. The lowest BCUT2D eigenvalue weighted by atomic mass is 10.1. The van der Waals surface area contributed by atoms with Gasteiger partial charge in [0.25, 0.3) is 5.56 Å². The molecule has 0 aliphatic rings. The topological polar surface area (TPSA) is 103 Å². The Morgan fingerprint density at radius 1 is 1.12 bits per heavy atom. The fraction of sp³-hybridized carbons (Fsp3) is 0.250. The standard InChI is InChI=1S/C16H15N3O5/c1-4-24-16(21)14-18-13-9(15(20)19-14)7-8-10(22-2)5-6-11(23-3)12(8)17-13/h5-7H,4H2,1-3H3,(H,17,18,19,20). The minimum Gasteiger partial charge on any atom is -0.496 e. The average Bonchev–Trinajstić information content (AvgIpc) is 2.59. The Labute approximate surface area is 136 Å². The van der Waals surface area contributed by atoms with Gasteiger partial charge in [-0.25, -0.2) is 14.8 Å². The van der Waals surface area contributed by atoms with E-state index in [1.54, 1.807) is 25.1 Å². The van der Waals surface area contributed by atoms with Gasteiger partial charge in [0, 0.05) is 5.39 Å². The number of aromatic amines is 1. The highest BCUT2D eigenvalue weighted by Gasteiger charge is 2.16. The van der Waals surface area contributed by atoms with Gasteiger partial charge in [-0.15, -0.1) is 0 Å². The summed E-state index contributed by atoms with van der Waals surface area (Å²) in [6.07, 6.45) is 0. The normalized spacial score (nSPS) is 10.8. The van der Waals surface area contributed by atoms with Crippen LogP contribution in [0.2, 0.25) is 0 Å². The number of ether oxygens (including phenoxy) is 3. The number of fused-ring (bicyclic) bond motifs is 2. The number of nitrogens with zero attached hydrogens (tertiary/aromatic N) is 2. The van der Waals surface area contributed by atoms with Crippen LogP contribution in [0.1, 0.15) is 17.5 Å². The van der Waals surface area contributed by atoms with E-state index in [4.69, 9.17) is 14.2 Å². The van der Waals surface area contributed by atoms with Gasteiger partial charge in [-0.05, 0) is 25.1 Å². The van der Waals surface area contributed by atoms with Crippen LogP contribution in [0.3, 0.4) is 0 Å². The molecule has 3 rings (SSSR count). The first kappa shape index (κ1) is 15.7. The number of benzene rings is 1. The van der Waals surface area contributed by atoms with Crippen molar-refractivity contribution in [3.63, 3.8) is 0 Å². The summed E-state index contributed by atoms with van der Waals surface area (Å²) in [5.74, 6) is 0.153. The monoisotopic (exact) mass is 329 g/mol. The van der Waals surface area contributed by atoms with Crippen LogP contribution < -0.4 is 15.0 Å². The summed E-state index contributed by atoms with van der Waals surface area (Å²) in [6, 6.07) is 5.04.